The van der Waals surface area contributed by atoms with Crippen LogP contribution in [-0.2, 0) is 4.79 Å². The standard InChI is InChI=1S/C16H25N5O/c1-12-5-7-21(16-13(17)4-3-6-18-16)14(10-12)20-9-8-19(2)15(22)11-20/h3-4,6,12,14H,5,7-11,17H2,1-2H3. The fraction of sp³-hybridized carbons (Fsp3) is 0.625. The molecule has 2 aliphatic heterocycles. The van der Waals surface area contributed by atoms with Gasteiger partial charge in [-0.15, -0.1) is 0 Å². The van der Waals surface area contributed by atoms with Crippen LogP contribution in [0.5, 0.6) is 0 Å². The smallest absolute Gasteiger partial charge is 0.236 e. The fourth-order valence-corrected chi connectivity index (χ4v) is 3.39. The zero-order chi connectivity index (χ0) is 15.7. The number of piperazine rings is 1. The number of nitrogens with two attached hydrogens (primary N) is 1. The minimum Gasteiger partial charge on any atom is -0.396 e. The number of piperidine rings is 1. The summed E-state index contributed by atoms with van der Waals surface area (Å²) in [4.78, 5) is 22.9. The molecule has 3 heterocycles. The first kappa shape index (κ1) is 15.1. The maximum absolute atomic E-state index is 12.1. The second kappa shape index (κ2) is 6.12. The van der Waals surface area contributed by atoms with E-state index in [2.05, 4.69) is 21.7 Å². The van der Waals surface area contributed by atoms with Gasteiger partial charge in [0.2, 0.25) is 5.91 Å². The quantitative estimate of drug-likeness (QED) is 0.883. The molecule has 0 spiro atoms. The largest absolute Gasteiger partial charge is 0.396 e. The summed E-state index contributed by atoms with van der Waals surface area (Å²) in [6, 6.07) is 3.76. The van der Waals surface area contributed by atoms with Gasteiger partial charge in [-0.2, -0.15) is 0 Å². The number of amides is 1. The van der Waals surface area contributed by atoms with Gasteiger partial charge in [-0.3, -0.25) is 9.69 Å². The van der Waals surface area contributed by atoms with Gasteiger partial charge < -0.3 is 15.5 Å². The highest BCUT2D eigenvalue weighted by molar-refractivity contribution is 5.78. The van der Waals surface area contributed by atoms with Crippen molar-refractivity contribution in [3.8, 4) is 0 Å². The molecular formula is C16H25N5O. The Morgan fingerprint density at radius 1 is 1.32 bits per heavy atom. The molecule has 1 aromatic heterocycles. The number of nitrogens with zero attached hydrogens (tertiary/aromatic N) is 4. The number of hydrogen-bond donors (Lipinski definition) is 1. The van der Waals surface area contributed by atoms with E-state index in [1.54, 1.807) is 6.20 Å². The predicted molar refractivity (Wildman–Crippen MR) is 87.4 cm³/mol. The average molecular weight is 303 g/mol. The van der Waals surface area contributed by atoms with Gasteiger partial charge in [-0.05, 0) is 30.9 Å². The second-order valence-corrected chi connectivity index (χ2v) is 6.51. The Morgan fingerprint density at radius 2 is 2.14 bits per heavy atom. The van der Waals surface area contributed by atoms with Gasteiger partial charge in [0, 0.05) is 32.9 Å². The van der Waals surface area contributed by atoms with E-state index < -0.39 is 0 Å². The van der Waals surface area contributed by atoms with Crippen LogP contribution in [0.2, 0.25) is 0 Å². The molecule has 6 heteroatoms. The molecule has 2 aliphatic rings. The van der Waals surface area contributed by atoms with E-state index in [9.17, 15) is 4.79 Å². The van der Waals surface area contributed by atoms with Crippen LogP contribution in [0.1, 0.15) is 19.8 Å². The van der Waals surface area contributed by atoms with Gasteiger partial charge in [0.15, 0.2) is 5.82 Å². The first-order valence-electron chi connectivity index (χ1n) is 8.01. The molecule has 2 fully saturated rings. The lowest BCUT2D eigenvalue weighted by Gasteiger charge is -2.47. The molecule has 22 heavy (non-hydrogen) atoms. The zero-order valence-electron chi connectivity index (χ0n) is 13.4. The van der Waals surface area contributed by atoms with Gasteiger partial charge in [-0.1, -0.05) is 6.92 Å². The van der Waals surface area contributed by atoms with E-state index >= 15 is 0 Å². The van der Waals surface area contributed by atoms with Crippen molar-refractivity contribution in [2.45, 2.75) is 25.9 Å². The van der Waals surface area contributed by atoms with Crippen LogP contribution in [0.4, 0.5) is 11.5 Å². The van der Waals surface area contributed by atoms with E-state index in [1.165, 1.54) is 0 Å². The molecule has 0 radical (unpaired) electrons. The van der Waals surface area contributed by atoms with Crippen molar-refractivity contribution in [1.82, 2.24) is 14.8 Å². The third kappa shape index (κ3) is 2.88. The number of nitrogen functional groups attached to an aromatic ring is 1. The van der Waals surface area contributed by atoms with Crippen LogP contribution in [0.25, 0.3) is 0 Å². The lowest BCUT2D eigenvalue weighted by molar-refractivity contribution is -0.135. The maximum Gasteiger partial charge on any atom is 0.236 e. The Balaban J connectivity index is 1.85. The molecule has 120 valence electrons. The van der Waals surface area contributed by atoms with Crippen molar-refractivity contribution in [2.75, 3.05) is 43.9 Å². The maximum atomic E-state index is 12.1. The average Bonchev–Trinajstić information content (AvgIpc) is 2.51. The van der Waals surface area contributed by atoms with Gasteiger partial charge in [0.1, 0.15) is 0 Å². The number of aromatic nitrogens is 1. The number of carbonyl (C=O) groups is 1. The van der Waals surface area contributed by atoms with E-state index in [-0.39, 0.29) is 12.1 Å². The minimum absolute atomic E-state index is 0.193. The molecule has 2 unspecified atom stereocenters. The first-order chi connectivity index (χ1) is 10.6. The molecule has 2 atom stereocenters. The van der Waals surface area contributed by atoms with Crippen LogP contribution >= 0.6 is 0 Å². The lowest BCUT2D eigenvalue weighted by atomic mass is 9.95. The van der Waals surface area contributed by atoms with Crippen molar-refractivity contribution in [3.63, 3.8) is 0 Å². The van der Waals surface area contributed by atoms with Crippen molar-refractivity contribution in [3.05, 3.63) is 18.3 Å². The van der Waals surface area contributed by atoms with Crippen LogP contribution in [0, 0.1) is 5.92 Å². The highest BCUT2D eigenvalue weighted by Gasteiger charge is 2.35. The van der Waals surface area contributed by atoms with Crippen molar-refractivity contribution >= 4 is 17.4 Å². The Labute approximate surface area is 131 Å². The molecule has 1 aromatic rings. The van der Waals surface area contributed by atoms with Crippen LogP contribution in [0.15, 0.2) is 18.3 Å². The molecule has 2 N–H and O–H groups in total. The number of hydrogen-bond acceptors (Lipinski definition) is 5. The topological polar surface area (TPSA) is 65.7 Å². The molecule has 0 aromatic carbocycles. The highest BCUT2D eigenvalue weighted by atomic mass is 16.2. The number of pyridine rings is 1. The summed E-state index contributed by atoms with van der Waals surface area (Å²) in [5.74, 6) is 1.70. The SMILES string of the molecule is CC1CCN(c2ncccc2N)C(N2CCN(C)C(=O)C2)C1. The monoisotopic (exact) mass is 303 g/mol. The summed E-state index contributed by atoms with van der Waals surface area (Å²) in [7, 11) is 1.87. The van der Waals surface area contributed by atoms with Crippen molar-refractivity contribution in [1.29, 1.82) is 0 Å². The number of likely N-dealkylation sites (N-methyl/N-ethyl adjacent to an activating group) is 1. The highest BCUT2D eigenvalue weighted by Crippen LogP contribution is 2.32. The molecule has 0 saturated carbocycles. The van der Waals surface area contributed by atoms with Crippen LogP contribution < -0.4 is 10.6 Å². The Morgan fingerprint density at radius 3 is 2.86 bits per heavy atom. The van der Waals surface area contributed by atoms with Gasteiger partial charge in [0.05, 0.1) is 18.4 Å². The number of rotatable bonds is 2. The Bertz CT molecular complexity index is 549. The molecular weight excluding hydrogens is 278 g/mol. The van der Waals surface area contributed by atoms with Crippen molar-refractivity contribution < 1.29 is 4.79 Å². The Kier molecular flexibility index (Phi) is 4.20. The summed E-state index contributed by atoms with van der Waals surface area (Å²) in [5.41, 5.74) is 6.84. The van der Waals surface area contributed by atoms with E-state index in [0.717, 1.165) is 38.3 Å². The number of anilines is 2. The van der Waals surface area contributed by atoms with Gasteiger partial charge >= 0.3 is 0 Å². The number of carbonyl (C=O) groups excluding carboxylic acids is 1. The molecule has 2 saturated heterocycles. The fourth-order valence-electron chi connectivity index (χ4n) is 3.39. The van der Waals surface area contributed by atoms with Crippen LogP contribution in [-0.4, -0.2) is 60.1 Å². The molecule has 6 nitrogen and oxygen atoms in total. The second-order valence-electron chi connectivity index (χ2n) is 6.51. The van der Waals surface area contributed by atoms with Crippen LogP contribution in [0.3, 0.4) is 0 Å². The van der Waals surface area contributed by atoms with Gasteiger partial charge in [0.25, 0.3) is 0 Å². The third-order valence-electron chi connectivity index (χ3n) is 4.83. The van der Waals surface area contributed by atoms with E-state index in [4.69, 9.17) is 5.73 Å². The lowest BCUT2D eigenvalue weighted by Crippen LogP contribution is -2.59. The molecule has 0 bridgehead atoms. The predicted octanol–water partition coefficient (Wildman–Crippen LogP) is 1.00. The summed E-state index contributed by atoms with van der Waals surface area (Å²) >= 11 is 0. The zero-order valence-corrected chi connectivity index (χ0v) is 13.4. The van der Waals surface area contributed by atoms with Crippen molar-refractivity contribution in [2.24, 2.45) is 5.92 Å². The van der Waals surface area contributed by atoms with Gasteiger partial charge in [-0.25, -0.2) is 4.98 Å². The molecule has 0 aliphatic carbocycles. The Hall–Kier alpha value is -1.82. The summed E-state index contributed by atoms with van der Waals surface area (Å²) < 4.78 is 0. The summed E-state index contributed by atoms with van der Waals surface area (Å²) in [6.45, 7) is 5.40. The van der Waals surface area contributed by atoms with E-state index in [1.807, 2.05) is 24.1 Å². The minimum atomic E-state index is 0.193. The van der Waals surface area contributed by atoms with E-state index in [0.29, 0.717) is 18.2 Å². The molecule has 1 amide bonds. The summed E-state index contributed by atoms with van der Waals surface area (Å²) in [6.07, 6.45) is 4.18. The third-order valence-corrected chi connectivity index (χ3v) is 4.83. The normalized spacial score (nSPS) is 27.3. The first-order valence-corrected chi connectivity index (χ1v) is 8.01. The summed E-state index contributed by atoms with van der Waals surface area (Å²) in [5, 5.41) is 0. The molecule has 3 rings (SSSR count).